The Morgan fingerprint density at radius 2 is 1.67 bits per heavy atom. The molecule has 0 bridgehead atoms. The highest BCUT2D eigenvalue weighted by Gasteiger charge is 2.26. The van der Waals surface area contributed by atoms with Crippen molar-refractivity contribution in [3.63, 3.8) is 0 Å². The van der Waals surface area contributed by atoms with E-state index in [0.29, 0.717) is 50.1 Å². The van der Waals surface area contributed by atoms with Gasteiger partial charge in [-0.1, -0.05) is 62.7 Å². The Morgan fingerprint density at radius 1 is 0.939 bits per heavy atom. The third kappa shape index (κ3) is 12.1. The van der Waals surface area contributed by atoms with Gasteiger partial charge in [-0.3, -0.25) is 34.7 Å². The van der Waals surface area contributed by atoms with Gasteiger partial charge in [-0.15, -0.1) is 0 Å². The van der Waals surface area contributed by atoms with E-state index in [9.17, 15) is 39.7 Å². The smallest absolute Gasteiger partial charge is 0.326 e. The first-order valence-electron chi connectivity index (χ1n) is 16.3. The average Bonchev–Trinajstić information content (AvgIpc) is 3.07. The Bertz CT molecular complexity index is 1610. The predicted octanol–water partition coefficient (Wildman–Crippen LogP) is 5.72. The van der Waals surface area contributed by atoms with E-state index in [1.165, 1.54) is 23.9 Å². The van der Waals surface area contributed by atoms with Crippen molar-refractivity contribution < 1.29 is 29.3 Å². The van der Waals surface area contributed by atoms with Gasteiger partial charge in [-0.25, -0.2) is 4.79 Å². The molecule has 0 spiro atoms. The lowest BCUT2D eigenvalue weighted by Crippen LogP contribution is -2.50. The molecular formula is C35H45N5O8S. The number of nitro groups is 2. The number of fused-ring (bicyclic) bond motifs is 1. The second-order valence-corrected chi connectivity index (χ2v) is 13.1. The molecule has 13 nitrogen and oxygen atoms in total. The molecule has 49 heavy (non-hydrogen) atoms. The Kier molecular flexibility index (Phi) is 15.4. The van der Waals surface area contributed by atoms with Crippen LogP contribution in [-0.2, 0) is 27.3 Å². The number of nitro benzene ring substituents is 2. The molecule has 3 aromatic rings. The first-order chi connectivity index (χ1) is 23.4. The van der Waals surface area contributed by atoms with Crippen LogP contribution in [0.3, 0.4) is 0 Å². The van der Waals surface area contributed by atoms with Gasteiger partial charge in [-0.2, -0.15) is 11.8 Å². The SMILES string of the molecule is CC[C@H](C)[C@@H](CN(CC(=O)N[C@@H](CCSC)C(=O)O)Cc1cccc2ccccc12)NC(=O)CCCCc1ccc([N+](=O)[O-])cc1[N+](=O)[O-]. The molecule has 3 atom stereocenters. The zero-order chi connectivity index (χ0) is 35.9. The minimum Gasteiger partial charge on any atom is -0.480 e. The second-order valence-electron chi connectivity index (χ2n) is 12.1. The Hall–Kier alpha value is -4.56. The van der Waals surface area contributed by atoms with Gasteiger partial charge >= 0.3 is 5.97 Å². The summed E-state index contributed by atoms with van der Waals surface area (Å²) in [4.78, 5) is 61.4. The number of unbranched alkanes of at least 4 members (excludes halogenated alkanes) is 1. The van der Waals surface area contributed by atoms with Crippen LogP contribution in [0.15, 0.2) is 60.7 Å². The molecule has 0 heterocycles. The van der Waals surface area contributed by atoms with Crippen molar-refractivity contribution in [3.8, 4) is 0 Å². The fourth-order valence-corrected chi connectivity index (χ4v) is 6.12. The monoisotopic (exact) mass is 695 g/mol. The number of amides is 2. The number of carboxylic acid groups (broad SMARTS) is 1. The van der Waals surface area contributed by atoms with E-state index in [2.05, 4.69) is 10.6 Å². The van der Waals surface area contributed by atoms with E-state index < -0.39 is 27.8 Å². The zero-order valence-electron chi connectivity index (χ0n) is 28.1. The van der Waals surface area contributed by atoms with Crippen molar-refractivity contribution in [1.82, 2.24) is 15.5 Å². The van der Waals surface area contributed by atoms with Crippen molar-refractivity contribution in [1.29, 1.82) is 0 Å². The maximum atomic E-state index is 13.3. The van der Waals surface area contributed by atoms with Crippen molar-refractivity contribution in [2.24, 2.45) is 5.92 Å². The van der Waals surface area contributed by atoms with Crippen LogP contribution in [0.1, 0.15) is 57.1 Å². The standard InChI is InChI=1S/C35H45N5O8S/c1-4-24(2)31(37-33(41)15-8-6-11-26-16-17-28(39(45)46)20-32(26)40(47)48)22-38(23-34(42)36-30(35(43)44)18-19-49-3)21-27-13-9-12-25-10-5-7-14-29(25)27/h5,7,9-10,12-14,16-17,20,24,30-31H,4,6,8,11,15,18-19,21-23H2,1-3H3,(H,36,42)(H,37,41)(H,43,44)/t24-,30-,31+/m0/s1. The quantitative estimate of drug-likeness (QED) is 0.0707. The van der Waals surface area contributed by atoms with Crippen molar-refractivity contribution in [2.45, 2.75) is 71.0 Å². The minimum atomic E-state index is -1.09. The Morgan fingerprint density at radius 3 is 2.35 bits per heavy atom. The number of rotatable bonds is 21. The predicted molar refractivity (Wildman–Crippen MR) is 190 cm³/mol. The molecule has 0 aliphatic rings. The summed E-state index contributed by atoms with van der Waals surface area (Å²) >= 11 is 1.51. The van der Waals surface area contributed by atoms with Crippen LogP contribution in [0.5, 0.6) is 0 Å². The van der Waals surface area contributed by atoms with E-state index in [1.54, 1.807) is 0 Å². The number of aryl methyl sites for hydroxylation is 1. The summed E-state index contributed by atoms with van der Waals surface area (Å²) in [5.41, 5.74) is 0.701. The van der Waals surface area contributed by atoms with Gasteiger partial charge in [0.1, 0.15) is 6.04 Å². The molecular weight excluding hydrogens is 650 g/mol. The van der Waals surface area contributed by atoms with Gasteiger partial charge in [0.2, 0.25) is 11.8 Å². The van der Waals surface area contributed by atoms with Crippen LogP contribution >= 0.6 is 11.8 Å². The molecule has 0 saturated carbocycles. The number of aliphatic carboxylic acids is 1. The Labute approximate surface area is 290 Å². The third-order valence-electron chi connectivity index (χ3n) is 8.59. The van der Waals surface area contributed by atoms with E-state index in [1.807, 2.05) is 67.5 Å². The molecule has 0 radical (unpaired) electrons. The lowest BCUT2D eigenvalue weighted by molar-refractivity contribution is -0.394. The van der Waals surface area contributed by atoms with Gasteiger partial charge in [0, 0.05) is 37.2 Å². The van der Waals surface area contributed by atoms with Crippen molar-refractivity contribution in [3.05, 3.63) is 92.0 Å². The molecule has 3 rings (SSSR count). The molecule has 0 unspecified atom stereocenters. The molecule has 0 aromatic heterocycles. The number of hydrogen-bond donors (Lipinski definition) is 3. The summed E-state index contributed by atoms with van der Waals surface area (Å²) in [6, 6.07) is 16.2. The van der Waals surface area contributed by atoms with Crippen LogP contribution in [0.4, 0.5) is 11.4 Å². The van der Waals surface area contributed by atoms with Gasteiger partial charge in [0.05, 0.1) is 22.5 Å². The maximum absolute atomic E-state index is 13.3. The number of nitrogens with zero attached hydrogens (tertiary/aromatic N) is 3. The van der Waals surface area contributed by atoms with Crippen LogP contribution in [0, 0.1) is 26.1 Å². The van der Waals surface area contributed by atoms with Crippen LogP contribution < -0.4 is 10.6 Å². The van der Waals surface area contributed by atoms with Gasteiger partial charge in [0.15, 0.2) is 0 Å². The van der Waals surface area contributed by atoms with Crippen LogP contribution in [0.25, 0.3) is 10.8 Å². The number of non-ortho nitro benzene ring substituents is 1. The molecule has 3 N–H and O–H groups in total. The Balaban J connectivity index is 1.72. The molecule has 3 aromatic carbocycles. The summed E-state index contributed by atoms with van der Waals surface area (Å²) in [6.45, 7) is 4.72. The number of carbonyl (C=O) groups is 3. The number of carbonyl (C=O) groups excluding carboxylic acids is 2. The van der Waals surface area contributed by atoms with Gasteiger partial charge in [0.25, 0.3) is 11.4 Å². The molecule has 0 saturated heterocycles. The van der Waals surface area contributed by atoms with Crippen molar-refractivity contribution >= 4 is 51.7 Å². The number of nitrogens with one attached hydrogen (secondary N) is 2. The number of thioether (sulfide) groups is 1. The lowest BCUT2D eigenvalue weighted by atomic mass is 9.97. The summed E-state index contributed by atoms with van der Waals surface area (Å²) in [5.74, 6) is -1.05. The number of benzene rings is 3. The molecule has 14 heteroatoms. The maximum Gasteiger partial charge on any atom is 0.326 e. The average molecular weight is 696 g/mol. The molecule has 0 aliphatic heterocycles. The topological polar surface area (TPSA) is 185 Å². The molecule has 0 fully saturated rings. The van der Waals surface area contributed by atoms with E-state index >= 15 is 0 Å². The molecule has 2 amide bonds. The highest BCUT2D eigenvalue weighted by molar-refractivity contribution is 7.98. The first kappa shape index (κ1) is 38.9. The summed E-state index contributed by atoms with van der Waals surface area (Å²) in [6.07, 6.45) is 4.32. The van der Waals surface area contributed by atoms with Crippen molar-refractivity contribution in [2.75, 3.05) is 25.1 Å². The number of carboxylic acids is 1. The van der Waals surface area contributed by atoms with E-state index in [-0.39, 0.29) is 42.2 Å². The lowest BCUT2D eigenvalue weighted by Gasteiger charge is -2.31. The second kappa shape index (κ2) is 19.4. The first-order valence-corrected chi connectivity index (χ1v) is 17.7. The van der Waals surface area contributed by atoms with Crippen LogP contribution in [-0.4, -0.2) is 74.8 Å². The highest BCUT2D eigenvalue weighted by Crippen LogP contribution is 2.26. The summed E-state index contributed by atoms with van der Waals surface area (Å²) in [7, 11) is 0. The highest BCUT2D eigenvalue weighted by atomic mass is 32.2. The zero-order valence-corrected chi connectivity index (χ0v) is 28.9. The largest absolute Gasteiger partial charge is 0.480 e. The van der Waals surface area contributed by atoms with E-state index in [4.69, 9.17) is 0 Å². The summed E-state index contributed by atoms with van der Waals surface area (Å²) < 4.78 is 0. The minimum absolute atomic E-state index is 0.0538. The fourth-order valence-electron chi connectivity index (χ4n) is 5.65. The molecule has 264 valence electrons. The molecule has 0 aliphatic carbocycles. The van der Waals surface area contributed by atoms with Crippen LogP contribution in [0.2, 0.25) is 0 Å². The van der Waals surface area contributed by atoms with Gasteiger partial charge < -0.3 is 15.7 Å². The normalized spacial score (nSPS) is 13.1. The fraction of sp³-hybridized carbons (Fsp3) is 0.457. The number of hydrogen-bond acceptors (Lipinski definition) is 9. The van der Waals surface area contributed by atoms with E-state index in [0.717, 1.165) is 28.8 Å². The third-order valence-corrected chi connectivity index (χ3v) is 9.24. The van der Waals surface area contributed by atoms with Gasteiger partial charge in [-0.05, 0) is 66.0 Å². The summed E-state index contributed by atoms with van der Waals surface area (Å²) in [5, 5.41) is 40.1.